The summed E-state index contributed by atoms with van der Waals surface area (Å²) in [6.45, 7) is 3.94. The Balaban J connectivity index is 1.78. The largest absolute Gasteiger partial charge is 0.263 e. The second kappa shape index (κ2) is 9.24. The van der Waals surface area contributed by atoms with Gasteiger partial charge in [0.1, 0.15) is 5.69 Å². The van der Waals surface area contributed by atoms with Crippen LogP contribution < -0.4 is 4.72 Å². The van der Waals surface area contributed by atoms with Crippen LogP contribution in [0.1, 0.15) is 11.1 Å². The second-order valence-corrected chi connectivity index (χ2v) is 10.2. The van der Waals surface area contributed by atoms with Gasteiger partial charge in [-0.2, -0.15) is 5.10 Å². The molecule has 5 rings (SSSR count). The van der Waals surface area contributed by atoms with E-state index in [1.165, 1.54) is 0 Å². The molecule has 174 valence electrons. The zero-order valence-corrected chi connectivity index (χ0v) is 20.3. The molecule has 4 aromatic carbocycles. The number of benzene rings is 4. The van der Waals surface area contributed by atoms with E-state index in [9.17, 15) is 8.42 Å². The van der Waals surface area contributed by atoms with Crippen molar-refractivity contribution in [1.82, 2.24) is 9.78 Å². The third-order valence-corrected chi connectivity index (χ3v) is 7.19. The Labute approximate surface area is 205 Å². The fourth-order valence-corrected chi connectivity index (χ4v) is 5.02. The first kappa shape index (κ1) is 22.6. The fraction of sp³-hybridized carbons (Fsp3) is 0.0690. The lowest BCUT2D eigenvalue weighted by Gasteiger charge is -2.14. The molecule has 0 fully saturated rings. The Morgan fingerprint density at radius 2 is 1.17 bits per heavy atom. The van der Waals surface area contributed by atoms with Crippen LogP contribution in [0.5, 0.6) is 0 Å². The summed E-state index contributed by atoms with van der Waals surface area (Å²) in [5, 5.41) is 4.94. The summed E-state index contributed by atoms with van der Waals surface area (Å²) in [7, 11) is -3.88. The monoisotopic (exact) mass is 479 g/mol. The van der Waals surface area contributed by atoms with E-state index in [1.807, 2.05) is 98.8 Å². The van der Waals surface area contributed by atoms with Crippen LogP contribution in [0.2, 0.25) is 0 Å². The van der Waals surface area contributed by atoms with Crippen molar-refractivity contribution in [3.8, 4) is 28.1 Å². The molecule has 35 heavy (non-hydrogen) atoms. The minimum absolute atomic E-state index is 0.194. The number of anilines is 1. The molecule has 1 heterocycles. The highest BCUT2D eigenvalue weighted by Crippen LogP contribution is 2.40. The Kier molecular flexibility index (Phi) is 5.97. The summed E-state index contributed by atoms with van der Waals surface area (Å²) in [5.41, 5.74) is 6.03. The van der Waals surface area contributed by atoms with E-state index in [4.69, 9.17) is 5.10 Å². The lowest BCUT2D eigenvalue weighted by molar-refractivity contribution is 0.600. The summed E-state index contributed by atoms with van der Waals surface area (Å²) in [6.07, 6.45) is 0. The smallest absolute Gasteiger partial charge is 0.263 e. The third-order valence-electron chi connectivity index (χ3n) is 5.84. The van der Waals surface area contributed by atoms with Crippen LogP contribution in [0.4, 0.5) is 5.82 Å². The summed E-state index contributed by atoms with van der Waals surface area (Å²) >= 11 is 0. The van der Waals surface area contributed by atoms with Gasteiger partial charge in [0, 0.05) is 5.56 Å². The van der Waals surface area contributed by atoms with Crippen LogP contribution >= 0.6 is 0 Å². The van der Waals surface area contributed by atoms with Gasteiger partial charge < -0.3 is 0 Å². The molecule has 5 nitrogen and oxygen atoms in total. The highest BCUT2D eigenvalue weighted by atomic mass is 32.2. The molecule has 1 aromatic heterocycles. The van der Waals surface area contributed by atoms with Gasteiger partial charge in [-0.3, -0.25) is 4.72 Å². The minimum atomic E-state index is -3.88. The molecule has 0 radical (unpaired) electrons. The van der Waals surface area contributed by atoms with Gasteiger partial charge in [0.05, 0.1) is 16.1 Å². The molecule has 0 saturated heterocycles. The van der Waals surface area contributed by atoms with Crippen molar-refractivity contribution < 1.29 is 8.42 Å². The maximum atomic E-state index is 13.5. The predicted octanol–water partition coefficient (Wildman–Crippen LogP) is 6.62. The molecule has 0 saturated carbocycles. The van der Waals surface area contributed by atoms with E-state index in [0.29, 0.717) is 17.1 Å². The first-order valence-electron chi connectivity index (χ1n) is 11.3. The summed E-state index contributed by atoms with van der Waals surface area (Å²) < 4.78 is 31.6. The standard InChI is InChI=1S/C29H25N3O2S/c1-21-13-17-25(18-14-21)32-29(31-35(33,34)26-19-15-22(2)16-20-26)27(23-9-5-3-6-10-23)28(30-32)24-11-7-4-8-12-24/h3-20,31H,1-2H3. The van der Waals surface area contributed by atoms with Gasteiger partial charge in [0.15, 0.2) is 5.82 Å². The molecule has 5 aromatic rings. The van der Waals surface area contributed by atoms with Crippen LogP contribution in [0.3, 0.4) is 0 Å². The molecule has 0 unspecified atom stereocenters. The lowest BCUT2D eigenvalue weighted by atomic mass is 10.0. The quantitative estimate of drug-likeness (QED) is 0.297. The Bertz CT molecular complexity index is 1560. The van der Waals surface area contributed by atoms with Gasteiger partial charge >= 0.3 is 0 Å². The topological polar surface area (TPSA) is 64.0 Å². The van der Waals surface area contributed by atoms with Crippen molar-refractivity contribution in [3.63, 3.8) is 0 Å². The molecule has 0 amide bonds. The molecule has 0 bridgehead atoms. The van der Waals surface area contributed by atoms with Gasteiger partial charge in [-0.05, 0) is 43.7 Å². The normalized spacial score (nSPS) is 11.4. The van der Waals surface area contributed by atoms with E-state index in [-0.39, 0.29) is 4.90 Å². The highest BCUT2D eigenvalue weighted by molar-refractivity contribution is 7.92. The van der Waals surface area contributed by atoms with Crippen molar-refractivity contribution in [1.29, 1.82) is 0 Å². The number of sulfonamides is 1. The average molecular weight is 480 g/mol. The minimum Gasteiger partial charge on any atom is -0.263 e. The van der Waals surface area contributed by atoms with Gasteiger partial charge in [-0.1, -0.05) is 96.1 Å². The molecule has 1 N–H and O–H groups in total. The van der Waals surface area contributed by atoms with Crippen LogP contribution in [-0.4, -0.2) is 18.2 Å². The van der Waals surface area contributed by atoms with Gasteiger partial charge in [0.2, 0.25) is 0 Å². The zero-order valence-electron chi connectivity index (χ0n) is 19.5. The van der Waals surface area contributed by atoms with Crippen molar-refractivity contribution in [2.24, 2.45) is 0 Å². The van der Waals surface area contributed by atoms with Crippen LogP contribution in [0.25, 0.3) is 28.1 Å². The number of hydrogen-bond donors (Lipinski definition) is 1. The fourth-order valence-electron chi connectivity index (χ4n) is 3.97. The number of nitrogens with one attached hydrogen (secondary N) is 1. The maximum Gasteiger partial charge on any atom is 0.263 e. The predicted molar refractivity (Wildman–Crippen MR) is 141 cm³/mol. The molecule has 0 aliphatic rings. The van der Waals surface area contributed by atoms with Gasteiger partial charge in [-0.15, -0.1) is 0 Å². The number of aryl methyl sites for hydroxylation is 2. The van der Waals surface area contributed by atoms with E-state index >= 15 is 0 Å². The lowest BCUT2D eigenvalue weighted by Crippen LogP contribution is -2.16. The molecular formula is C29H25N3O2S. The molecule has 0 atom stereocenters. The molecule has 6 heteroatoms. The Hall–Kier alpha value is -4.16. The number of nitrogens with zero attached hydrogens (tertiary/aromatic N) is 2. The van der Waals surface area contributed by atoms with E-state index in [2.05, 4.69) is 4.72 Å². The maximum absolute atomic E-state index is 13.5. The number of rotatable bonds is 6. The van der Waals surface area contributed by atoms with Crippen molar-refractivity contribution in [2.45, 2.75) is 18.7 Å². The summed E-state index contributed by atoms with van der Waals surface area (Å²) in [4.78, 5) is 0.194. The van der Waals surface area contributed by atoms with Crippen LogP contribution in [0, 0.1) is 13.8 Å². The van der Waals surface area contributed by atoms with Crippen molar-refractivity contribution in [2.75, 3.05) is 4.72 Å². The Morgan fingerprint density at radius 1 is 0.657 bits per heavy atom. The van der Waals surface area contributed by atoms with Gasteiger partial charge in [0.25, 0.3) is 10.0 Å². The van der Waals surface area contributed by atoms with E-state index in [0.717, 1.165) is 27.9 Å². The van der Waals surface area contributed by atoms with Crippen LogP contribution in [-0.2, 0) is 10.0 Å². The number of aromatic nitrogens is 2. The third kappa shape index (κ3) is 4.61. The van der Waals surface area contributed by atoms with E-state index < -0.39 is 10.0 Å². The Morgan fingerprint density at radius 3 is 1.74 bits per heavy atom. The van der Waals surface area contributed by atoms with Crippen molar-refractivity contribution in [3.05, 3.63) is 120 Å². The molecule has 0 aliphatic carbocycles. The molecule has 0 aliphatic heterocycles. The summed E-state index contributed by atoms with van der Waals surface area (Å²) in [5.74, 6) is 0.388. The highest BCUT2D eigenvalue weighted by Gasteiger charge is 2.26. The average Bonchev–Trinajstić information content (AvgIpc) is 3.24. The first-order chi connectivity index (χ1) is 16.9. The number of hydrogen-bond acceptors (Lipinski definition) is 3. The van der Waals surface area contributed by atoms with E-state index in [1.54, 1.807) is 28.9 Å². The molecular weight excluding hydrogens is 454 g/mol. The first-order valence-corrected chi connectivity index (χ1v) is 12.8. The second-order valence-electron chi connectivity index (χ2n) is 8.47. The van der Waals surface area contributed by atoms with Crippen LogP contribution in [0.15, 0.2) is 114 Å². The zero-order chi connectivity index (χ0) is 24.4. The van der Waals surface area contributed by atoms with Gasteiger partial charge in [-0.25, -0.2) is 13.1 Å². The summed E-state index contributed by atoms with van der Waals surface area (Å²) in [6, 6.07) is 34.2. The SMILES string of the molecule is Cc1ccc(-n2nc(-c3ccccc3)c(-c3ccccc3)c2NS(=O)(=O)c2ccc(C)cc2)cc1. The van der Waals surface area contributed by atoms with Crippen molar-refractivity contribution >= 4 is 15.8 Å². The molecule has 0 spiro atoms.